The van der Waals surface area contributed by atoms with Gasteiger partial charge in [0, 0.05) is 22.9 Å². The van der Waals surface area contributed by atoms with Crippen LogP contribution in [0.15, 0.2) is 22.7 Å². The van der Waals surface area contributed by atoms with Gasteiger partial charge < -0.3 is 9.64 Å². The fourth-order valence-corrected chi connectivity index (χ4v) is 3.48. The summed E-state index contributed by atoms with van der Waals surface area (Å²) in [5.41, 5.74) is 0.644. The number of methoxy groups -OCH3 is 1. The minimum absolute atomic E-state index is 0.0355. The first kappa shape index (κ1) is 16.6. The topological polar surface area (TPSA) is 29.5 Å². The lowest BCUT2D eigenvalue weighted by atomic mass is 9.93. The zero-order chi connectivity index (χ0) is 15.2. The van der Waals surface area contributed by atoms with Crippen molar-refractivity contribution in [1.29, 1.82) is 0 Å². The second kappa shape index (κ2) is 8.04. The molecule has 3 nitrogen and oxygen atoms in total. The van der Waals surface area contributed by atoms with E-state index in [-0.39, 0.29) is 5.91 Å². The summed E-state index contributed by atoms with van der Waals surface area (Å²) in [5.74, 6) is 1.19. The van der Waals surface area contributed by atoms with Crippen LogP contribution in [-0.2, 0) is 0 Å². The lowest BCUT2D eigenvalue weighted by Gasteiger charge is -2.34. The molecule has 0 saturated heterocycles. The van der Waals surface area contributed by atoms with Crippen molar-refractivity contribution in [2.75, 3.05) is 19.5 Å². The Hall–Kier alpha value is -0.740. The molecular formula is C16H21BrClNO2. The summed E-state index contributed by atoms with van der Waals surface area (Å²) >= 11 is 9.38. The van der Waals surface area contributed by atoms with Gasteiger partial charge >= 0.3 is 0 Å². The van der Waals surface area contributed by atoms with Crippen molar-refractivity contribution in [3.8, 4) is 5.75 Å². The highest BCUT2D eigenvalue weighted by atomic mass is 79.9. The van der Waals surface area contributed by atoms with Crippen molar-refractivity contribution in [3.05, 3.63) is 28.2 Å². The molecule has 0 N–H and O–H groups in total. The van der Waals surface area contributed by atoms with Gasteiger partial charge in [0.2, 0.25) is 0 Å². The highest BCUT2D eigenvalue weighted by Crippen LogP contribution is 2.28. The molecule has 0 aromatic heterocycles. The van der Waals surface area contributed by atoms with Gasteiger partial charge in [-0.05, 0) is 47.0 Å². The van der Waals surface area contributed by atoms with Crippen LogP contribution < -0.4 is 4.74 Å². The molecule has 21 heavy (non-hydrogen) atoms. The Labute approximate surface area is 139 Å². The van der Waals surface area contributed by atoms with Crippen LogP contribution in [0.25, 0.3) is 0 Å². The van der Waals surface area contributed by atoms with E-state index < -0.39 is 0 Å². The zero-order valence-corrected chi connectivity index (χ0v) is 14.6. The van der Waals surface area contributed by atoms with Crippen molar-refractivity contribution >= 4 is 33.4 Å². The third-order valence-electron chi connectivity index (χ3n) is 4.01. The third-order valence-corrected chi connectivity index (χ3v) is 4.87. The van der Waals surface area contributed by atoms with Gasteiger partial charge in [-0.2, -0.15) is 0 Å². The van der Waals surface area contributed by atoms with Crippen LogP contribution in [0, 0.1) is 0 Å². The predicted molar refractivity (Wildman–Crippen MR) is 89.3 cm³/mol. The number of hydrogen-bond acceptors (Lipinski definition) is 2. The van der Waals surface area contributed by atoms with Crippen LogP contribution in [0.3, 0.4) is 0 Å². The highest BCUT2D eigenvalue weighted by molar-refractivity contribution is 9.10. The molecule has 0 spiro atoms. The second-order valence-corrected chi connectivity index (χ2v) is 6.56. The maximum atomic E-state index is 12.9. The van der Waals surface area contributed by atoms with E-state index >= 15 is 0 Å². The first-order valence-corrected chi connectivity index (χ1v) is 8.70. The normalized spacial score (nSPS) is 15.8. The van der Waals surface area contributed by atoms with Crippen LogP contribution in [0.1, 0.15) is 42.5 Å². The van der Waals surface area contributed by atoms with Crippen molar-refractivity contribution in [2.45, 2.75) is 38.1 Å². The Bertz CT molecular complexity index is 489. The standard InChI is InChI=1S/C16H21BrClNO2/c1-21-13-7-8-15(17)14(11-13)16(20)19(10-9-18)12-5-3-2-4-6-12/h7-8,11-12H,2-6,9-10H2,1H3. The monoisotopic (exact) mass is 373 g/mol. The van der Waals surface area contributed by atoms with Crippen LogP contribution in [0.5, 0.6) is 5.75 Å². The van der Waals surface area contributed by atoms with Crippen LogP contribution in [-0.4, -0.2) is 36.4 Å². The molecule has 5 heteroatoms. The first-order chi connectivity index (χ1) is 10.2. The van der Waals surface area contributed by atoms with Crippen LogP contribution in [0.4, 0.5) is 0 Å². The minimum atomic E-state index is 0.0355. The molecular weight excluding hydrogens is 354 g/mol. The van der Waals surface area contributed by atoms with Gasteiger partial charge in [-0.25, -0.2) is 0 Å². The molecule has 0 atom stereocenters. The number of alkyl halides is 1. The number of carbonyl (C=O) groups excluding carboxylic acids is 1. The van der Waals surface area contributed by atoms with Gasteiger partial charge in [-0.1, -0.05) is 19.3 Å². The van der Waals surface area contributed by atoms with E-state index in [1.807, 2.05) is 17.0 Å². The summed E-state index contributed by atoms with van der Waals surface area (Å²) in [6.07, 6.45) is 5.79. The number of amides is 1. The molecule has 2 rings (SSSR count). The maximum absolute atomic E-state index is 12.9. The minimum Gasteiger partial charge on any atom is -0.497 e. The van der Waals surface area contributed by atoms with Crippen LogP contribution in [0.2, 0.25) is 0 Å². The average Bonchev–Trinajstić information content (AvgIpc) is 2.53. The fraction of sp³-hybridized carbons (Fsp3) is 0.562. The van der Waals surface area contributed by atoms with Crippen LogP contribution >= 0.6 is 27.5 Å². The smallest absolute Gasteiger partial charge is 0.255 e. The predicted octanol–water partition coefficient (Wildman–Crippen LogP) is 4.47. The van der Waals surface area contributed by atoms with E-state index in [4.69, 9.17) is 16.3 Å². The Morgan fingerprint density at radius 3 is 2.71 bits per heavy atom. The summed E-state index contributed by atoms with van der Waals surface area (Å²) < 4.78 is 6.02. The quantitative estimate of drug-likeness (QED) is 0.712. The molecule has 1 saturated carbocycles. The highest BCUT2D eigenvalue weighted by Gasteiger charge is 2.27. The number of halogens is 2. The maximum Gasteiger partial charge on any atom is 0.255 e. The molecule has 1 aromatic rings. The first-order valence-electron chi connectivity index (χ1n) is 7.38. The van der Waals surface area contributed by atoms with Crippen molar-refractivity contribution in [1.82, 2.24) is 4.90 Å². The lowest BCUT2D eigenvalue weighted by Crippen LogP contribution is -2.42. The molecule has 1 aromatic carbocycles. The summed E-state index contributed by atoms with van der Waals surface area (Å²) in [6.45, 7) is 0.592. The summed E-state index contributed by atoms with van der Waals surface area (Å²) in [5, 5.41) is 0. The average molecular weight is 375 g/mol. The lowest BCUT2D eigenvalue weighted by molar-refractivity contribution is 0.0648. The SMILES string of the molecule is COc1ccc(Br)c(C(=O)N(CCCl)C2CCCCC2)c1. The van der Waals surface area contributed by atoms with E-state index in [0.717, 1.165) is 17.3 Å². The van der Waals surface area contributed by atoms with E-state index in [1.165, 1.54) is 19.3 Å². The van der Waals surface area contributed by atoms with Gasteiger partial charge in [-0.15, -0.1) is 11.6 Å². The molecule has 1 aliphatic carbocycles. The number of carbonyl (C=O) groups is 1. The Morgan fingerprint density at radius 2 is 2.10 bits per heavy atom. The van der Waals surface area contributed by atoms with E-state index in [9.17, 15) is 4.79 Å². The molecule has 116 valence electrons. The van der Waals surface area contributed by atoms with Gasteiger partial charge in [0.25, 0.3) is 5.91 Å². The Kier molecular flexibility index (Phi) is 6.37. The van der Waals surface area contributed by atoms with Gasteiger partial charge in [0.05, 0.1) is 12.7 Å². The van der Waals surface area contributed by atoms with Crippen molar-refractivity contribution in [2.24, 2.45) is 0 Å². The second-order valence-electron chi connectivity index (χ2n) is 5.33. The molecule has 1 aliphatic rings. The van der Waals surface area contributed by atoms with Gasteiger partial charge in [-0.3, -0.25) is 4.79 Å². The molecule has 0 aliphatic heterocycles. The Balaban J connectivity index is 2.24. The molecule has 1 amide bonds. The van der Waals surface area contributed by atoms with Gasteiger partial charge in [0.15, 0.2) is 0 Å². The van der Waals surface area contributed by atoms with E-state index in [2.05, 4.69) is 15.9 Å². The summed E-state index contributed by atoms with van der Waals surface area (Å²) in [4.78, 5) is 14.8. The van der Waals surface area contributed by atoms with E-state index in [0.29, 0.717) is 29.8 Å². The number of hydrogen-bond donors (Lipinski definition) is 0. The molecule has 0 bridgehead atoms. The fourth-order valence-electron chi connectivity index (χ4n) is 2.88. The zero-order valence-electron chi connectivity index (χ0n) is 12.3. The van der Waals surface area contributed by atoms with Gasteiger partial charge in [0.1, 0.15) is 5.75 Å². The van der Waals surface area contributed by atoms with Crippen molar-refractivity contribution < 1.29 is 9.53 Å². The number of rotatable bonds is 5. The Morgan fingerprint density at radius 1 is 1.38 bits per heavy atom. The number of nitrogens with zero attached hydrogens (tertiary/aromatic N) is 1. The van der Waals surface area contributed by atoms with Crippen molar-refractivity contribution in [3.63, 3.8) is 0 Å². The summed E-state index contributed by atoms with van der Waals surface area (Å²) in [7, 11) is 1.61. The molecule has 0 radical (unpaired) electrons. The molecule has 0 heterocycles. The number of ether oxygens (including phenoxy) is 1. The van der Waals surface area contributed by atoms with E-state index in [1.54, 1.807) is 13.2 Å². The molecule has 1 fully saturated rings. The largest absolute Gasteiger partial charge is 0.497 e. The third kappa shape index (κ3) is 4.13. The molecule has 0 unspecified atom stereocenters. The number of benzene rings is 1. The summed E-state index contributed by atoms with van der Waals surface area (Å²) in [6, 6.07) is 5.79.